The van der Waals surface area contributed by atoms with Gasteiger partial charge in [0.05, 0.1) is 0 Å². The van der Waals surface area contributed by atoms with Crippen molar-refractivity contribution in [2.24, 2.45) is 0 Å². The van der Waals surface area contributed by atoms with Gasteiger partial charge < -0.3 is 10.4 Å². The first-order valence-electron chi connectivity index (χ1n) is 6.35. The standard InChI is InChI=1S/C15H12F3NO3/c16-15(17,18)14(22)19-12(13(20)21)8-9-5-6-10-3-1-2-4-11(10)7-9/h1-7,12H,8H2,(H,19,22)(H,20,21)/t12-/m1/s1. The normalized spacial score (nSPS) is 12.9. The number of carbonyl (C=O) groups is 2. The molecular weight excluding hydrogens is 299 g/mol. The number of benzene rings is 2. The molecule has 2 aromatic carbocycles. The topological polar surface area (TPSA) is 66.4 Å². The lowest BCUT2D eigenvalue weighted by Crippen LogP contribution is -2.47. The molecule has 0 fully saturated rings. The zero-order chi connectivity index (χ0) is 16.3. The van der Waals surface area contributed by atoms with Crippen LogP contribution in [0.4, 0.5) is 13.2 Å². The van der Waals surface area contributed by atoms with Crippen LogP contribution in [0.15, 0.2) is 42.5 Å². The van der Waals surface area contributed by atoms with Gasteiger partial charge >= 0.3 is 18.1 Å². The van der Waals surface area contributed by atoms with Gasteiger partial charge in [-0.2, -0.15) is 13.2 Å². The van der Waals surface area contributed by atoms with Crippen molar-refractivity contribution in [3.05, 3.63) is 48.0 Å². The molecule has 2 rings (SSSR count). The van der Waals surface area contributed by atoms with E-state index in [1.807, 2.05) is 18.2 Å². The monoisotopic (exact) mass is 311 g/mol. The van der Waals surface area contributed by atoms with Gasteiger partial charge in [-0.25, -0.2) is 4.79 Å². The van der Waals surface area contributed by atoms with Gasteiger partial charge in [-0.3, -0.25) is 4.79 Å². The van der Waals surface area contributed by atoms with Crippen molar-refractivity contribution in [2.45, 2.75) is 18.6 Å². The summed E-state index contributed by atoms with van der Waals surface area (Å²) in [5.41, 5.74) is 0.522. The lowest BCUT2D eigenvalue weighted by molar-refractivity contribution is -0.175. The minimum absolute atomic E-state index is 0.234. The first kappa shape index (κ1) is 15.8. The highest BCUT2D eigenvalue weighted by Gasteiger charge is 2.40. The average molecular weight is 311 g/mol. The number of nitrogens with one attached hydrogen (secondary N) is 1. The van der Waals surface area contributed by atoms with Crippen LogP contribution in [0.5, 0.6) is 0 Å². The third-order valence-electron chi connectivity index (χ3n) is 3.11. The maximum absolute atomic E-state index is 12.2. The first-order valence-corrected chi connectivity index (χ1v) is 6.35. The van der Waals surface area contributed by atoms with Gasteiger partial charge in [0.2, 0.25) is 0 Å². The molecule has 0 aliphatic heterocycles. The van der Waals surface area contributed by atoms with E-state index < -0.39 is 24.1 Å². The van der Waals surface area contributed by atoms with E-state index in [2.05, 4.69) is 0 Å². The fraction of sp³-hybridized carbons (Fsp3) is 0.200. The van der Waals surface area contributed by atoms with Crippen LogP contribution in [0, 0.1) is 0 Å². The summed E-state index contributed by atoms with van der Waals surface area (Å²) in [6.45, 7) is 0. The lowest BCUT2D eigenvalue weighted by atomic mass is 10.0. The smallest absolute Gasteiger partial charge is 0.471 e. The van der Waals surface area contributed by atoms with Crippen LogP contribution in [0.25, 0.3) is 10.8 Å². The summed E-state index contributed by atoms with van der Waals surface area (Å²) in [6.07, 6.45) is -5.35. The van der Waals surface area contributed by atoms with Gasteiger partial charge in [-0.1, -0.05) is 42.5 Å². The van der Waals surface area contributed by atoms with Gasteiger partial charge in [-0.05, 0) is 16.3 Å². The minimum atomic E-state index is -5.11. The Morgan fingerprint density at radius 1 is 1.09 bits per heavy atom. The molecule has 0 unspecified atom stereocenters. The third kappa shape index (κ3) is 3.75. The molecule has 4 nitrogen and oxygen atoms in total. The predicted molar refractivity (Wildman–Crippen MR) is 73.3 cm³/mol. The molecule has 0 aliphatic rings. The Labute approximate surface area is 123 Å². The van der Waals surface area contributed by atoms with Crippen molar-refractivity contribution in [3.63, 3.8) is 0 Å². The molecule has 1 atom stereocenters. The van der Waals surface area contributed by atoms with Crippen molar-refractivity contribution < 1.29 is 27.9 Å². The SMILES string of the molecule is O=C(O)[C@@H](Cc1ccc2ccccc2c1)NC(=O)C(F)(F)F. The molecule has 0 saturated heterocycles. The van der Waals surface area contributed by atoms with E-state index in [0.29, 0.717) is 5.56 Å². The second-order valence-corrected chi connectivity index (χ2v) is 4.75. The molecule has 2 aromatic rings. The molecule has 1 amide bonds. The van der Waals surface area contributed by atoms with E-state index in [-0.39, 0.29) is 6.42 Å². The number of fused-ring (bicyclic) bond motifs is 1. The number of halogens is 3. The maximum Gasteiger partial charge on any atom is 0.471 e. The molecule has 0 bridgehead atoms. The van der Waals surface area contributed by atoms with Gasteiger partial charge in [0.1, 0.15) is 6.04 Å². The second-order valence-electron chi connectivity index (χ2n) is 4.75. The summed E-state index contributed by atoms with van der Waals surface area (Å²) in [7, 11) is 0. The molecule has 0 radical (unpaired) electrons. The van der Waals surface area contributed by atoms with Crippen molar-refractivity contribution in [1.29, 1.82) is 0 Å². The number of rotatable bonds is 4. The zero-order valence-corrected chi connectivity index (χ0v) is 11.2. The molecular formula is C15H12F3NO3. The summed E-state index contributed by atoms with van der Waals surface area (Å²) >= 11 is 0. The summed E-state index contributed by atoms with van der Waals surface area (Å²) in [5.74, 6) is -3.79. The highest BCUT2D eigenvalue weighted by Crippen LogP contribution is 2.18. The van der Waals surface area contributed by atoms with Crippen LogP contribution >= 0.6 is 0 Å². The molecule has 2 N–H and O–H groups in total. The zero-order valence-electron chi connectivity index (χ0n) is 11.2. The molecule has 0 saturated carbocycles. The predicted octanol–water partition coefficient (Wildman–Crippen LogP) is 2.51. The van der Waals surface area contributed by atoms with Crippen LogP contribution in [-0.4, -0.2) is 29.2 Å². The van der Waals surface area contributed by atoms with E-state index in [9.17, 15) is 22.8 Å². The molecule has 22 heavy (non-hydrogen) atoms. The highest BCUT2D eigenvalue weighted by atomic mass is 19.4. The average Bonchev–Trinajstić information content (AvgIpc) is 2.45. The Bertz CT molecular complexity index is 712. The summed E-state index contributed by atoms with van der Waals surface area (Å²) < 4.78 is 36.6. The second kappa shape index (κ2) is 6.05. The molecule has 7 heteroatoms. The number of hydrogen-bond donors (Lipinski definition) is 2. The van der Waals surface area contributed by atoms with Crippen LogP contribution < -0.4 is 5.32 Å². The summed E-state index contributed by atoms with van der Waals surface area (Å²) in [4.78, 5) is 21.9. The molecule has 116 valence electrons. The number of hydrogen-bond acceptors (Lipinski definition) is 2. The van der Waals surface area contributed by atoms with Gasteiger partial charge in [0, 0.05) is 6.42 Å². The number of carboxylic acids is 1. The molecule has 0 aliphatic carbocycles. The van der Waals surface area contributed by atoms with Gasteiger partial charge in [0.25, 0.3) is 0 Å². The molecule has 0 aromatic heterocycles. The van der Waals surface area contributed by atoms with Crippen molar-refractivity contribution in [1.82, 2.24) is 5.32 Å². The Kier molecular flexibility index (Phi) is 4.35. The van der Waals surface area contributed by atoms with Crippen LogP contribution in [0.2, 0.25) is 0 Å². The van der Waals surface area contributed by atoms with E-state index in [1.54, 1.807) is 24.3 Å². The Hall–Kier alpha value is -2.57. The van der Waals surface area contributed by atoms with E-state index in [4.69, 9.17) is 5.11 Å². The number of carbonyl (C=O) groups excluding carboxylic acids is 1. The van der Waals surface area contributed by atoms with Gasteiger partial charge in [-0.15, -0.1) is 0 Å². The van der Waals surface area contributed by atoms with E-state index >= 15 is 0 Å². The Balaban J connectivity index is 2.19. The van der Waals surface area contributed by atoms with Crippen molar-refractivity contribution >= 4 is 22.6 Å². The highest BCUT2D eigenvalue weighted by molar-refractivity contribution is 5.87. The maximum atomic E-state index is 12.2. The Morgan fingerprint density at radius 3 is 2.32 bits per heavy atom. The van der Waals surface area contributed by atoms with Crippen molar-refractivity contribution in [2.75, 3.05) is 0 Å². The van der Waals surface area contributed by atoms with E-state index in [1.165, 1.54) is 5.32 Å². The number of amides is 1. The van der Waals surface area contributed by atoms with Crippen LogP contribution in [0.1, 0.15) is 5.56 Å². The quantitative estimate of drug-likeness (QED) is 0.912. The molecule has 0 heterocycles. The lowest BCUT2D eigenvalue weighted by Gasteiger charge is -2.16. The van der Waals surface area contributed by atoms with E-state index in [0.717, 1.165) is 10.8 Å². The number of carboxylic acid groups (broad SMARTS) is 1. The minimum Gasteiger partial charge on any atom is -0.480 e. The largest absolute Gasteiger partial charge is 0.480 e. The fourth-order valence-electron chi connectivity index (χ4n) is 2.04. The fourth-order valence-corrected chi connectivity index (χ4v) is 2.04. The molecule has 0 spiro atoms. The third-order valence-corrected chi connectivity index (χ3v) is 3.11. The summed E-state index contributed by atoms with van der Waals surface area (Å²) in [5, 5.41) is 12.2. The Morgan fingerprint density at radius 2 is 1.73 bits per heavy atom. The number of alkyl halides is 3. The van der Waals surface area contributed by atoms with Crippen LogP contribution in [-0.2, 0) is 16.0 Å². The first-order chi connectivity index (χ1) is 10.3. The van der Waals surface area contributed by atoms with Gasteiger partial charge in [0.15, 0.2) is 0 Å². The van der Waals surface area contributed by atoms with Crippen LogP contribution in [0.3, 0.4) is 0 Å². The number of aliphatic carboxylic acids is 1. The summed E-state index contributed by atoms with van der Waals surface area (Å²) in [6, 6.07) is 10.7. The van der Waals surface area contributed by atoms with Crippen molar-refractivity contribution in [3.8, 4) is 0 Å².